The number of sulfonamides is 1. The average Bonchev–Trinajstić information content (AvgIpc) is 2.38. The molecule has 0 unspecified atom stereocenters. The van der Waals surface area contributed by atoms with Crippen LogP contribution in [0.1, 0.15) is 11.1 Å². The Balaban J connectivity index is 0.00000220. The number of benzene rings is 1. The van der Waals surface area contributed by atoms with Crippen molar-refractivity contribution in [2.24, 2.45) is 0 Å². The van der Waals surface area contributed by atoms with Crippen LogP contribution in [-0.2, 0) is 16.2 Å². The van der Waals surface area contributed by atoms with Crippen molar-refractivity contribution in [3.63, 3.8) is 0 Å². The summed E-state index contributed by atoms with van der Waals surface area (Å²) in [7, 11) is -3.73. The zero-order chi connectivity index (χ0) is 15.0. The van der Waals surface area contributed by atoms with Gasteiger partial charge in [-0.25, -0.2) is 8.42 Å². The minimum Gasteiger partial charge on any atom is -0.314 e. The molecule has 1 aromatic carbocycles. The van der Waals surface area contributed by atoms with Gasteiger partial charge in [-0.1, -0.05) is 0 Å². The molecule has 1 saturated heterocycles. The molecule has 0 bridgehead atoms. The van der Waals surface area contributed by atoms with E-state index < -0.39 is 21.8 Å². The Morgan fingerprint density at radius 1 is 1.19 bits per heavy atom. The summed E-state index contributed by atoms with van der Waals surface area (Å²) >= 11 is 0. The highest BCUT2D eigenvalue weighted by atomic mass is 35.5. The summed E-state index contributed by atoms with van der Waals surface area (Å²) in [5.74, 6) is 0. The Morgan fingerprint density at radius 3 is 2.24 bits per heavy atom. The van der Waals surface area contributed by atoms with Crippen molar-refractivity contribution < 1.29 is 21.6 Å². The van der Waals surface area contributed by atoms with E-state index >= 15 is 0 Å². The summed E-state index contributed by atoms with van der Waals surface area (Å²) in [5.41, 5.74) is -0.729. The van der Waals surface area contributed by atoms with Crippen molar-refractivity contribution in [3.8, 4) is 0 Å². The summed E-state index contributed by atoms with van der Waals surface area (Å²) in [4.78, 5) is -0.0626. The third-order valence-electron chi connectivity index (χ3n) is 3.20. The highest BCUT2D eigenvalue weighted by molar-refractivity contribution is 7.89. The smallest absolute Gasteiger partial charge is 0.314 e. The van der Waals surface area contributed by atoms with Crippen LogP contribution in [0.5, 0.6) is 0 Å². The molecule has 1 aliphatic rings. The molecule has 0 aliphatic carbocycles. The molecule has 1 heterocycles. The lowest BCUT2D eigenvalue weighted by Crippen LogP contribution is -2.46. The van der Waals surface area contributed by atoms with Crippen LogP contribution in [0, 0.1) is 6.92 Å². The van der Waals surface area contributed by atoms with Gasteiger partial charge in [0, 0.05) is 26.2 Å². The Labute approximate surface area is 127 Å². The number of nitrogens with one attached hydrogen (secondary N) is 1. The molecule has 0 atom stereocenters. The van der Waals surface area contributed by atoms with E-state index in [1.807, 2.05) is 0 Å². The van der Waals surface area contributed by atoms with Gasteiger partial charge in [-0.3, -0.25) is 0 Å². The molecule has 1 aliphatic heterocycles. The topological polar surface area (TPSA) is 49.4 Å². The van der Waals surface area contributed by atoms with Crippen molar-refractivity contribution in [3.05, 3.63) is 29.3 Å². The Kier molecular flexibility index (Phi) is 5.65. The summed E-state index contributed by atoms with van der Waals surface area (Å²) in [6, 6.07) is 2.71. The predicted octanol–water partition coefficient (Wildman–Crippen LogP) is 2.03. The average molecular weight is 345 g/mol. The van der Waals surface area contributed by atoms with Gasteiger partial charge in [-0.2, -0.15) is 17.5 Å². The first-order chi connectivity index (χ1) is 9.23. The highest BCUT2D eigenvalue weighted by Crippen LogP contribution is 2.32. The van der Waals surface area contributed by atoms with Gasteiger partial charge >= 0.3 is 6.18 Å². The first kappa shape index (κ1) is 18.2. The molecule has 21 heavy (non-hydrogen) atoms. The lowest BCUT2D eigenvalue weighted by molar-refractivity contribution is -0.137. The molecule has 0 spiro atoms. The first-order valence-electron chi connectivity index (χ1n) is 6.11. The van der Waals surface area contributed by atoms with Gasteiger partial charge < -0.3 is 5.32 Å². The van der Waals surface area contributed by atoms with E-state index in [4.69, 9.17) is 0 Å². The molecule has 4 nitrogen and oxygen atoms in total. The zero-order valence-electron chi connectivity index (χ0n) is 11.3. The molecule has 0 saturated carbocycles. The molecule has 9 heteroatoms. The van der Waals surface area contributed by atoms with Gasteiger partial charge in [-0.15, -0.1) is 12.4 Å². The summed E-state index contributed by atoms with van der Waals surface area (Å²) < 4.78 is 63.8. The second-order valence-corrected chi connectivity index (χ2v) is 6.54. The largest absolute Gasteiger partial charge is 0.416 e. The third-order valence-corrected chi connectivity index (χ3v) is 5.25. The quantitative estimate of drug-likeness (QED) is 0.893. The van der Waals surface area contributed by atoms with Gasteiger partial charge in [0.25, 0.3) is 0 Å². The second kappa shape index (κ2) is 6.51. The summed E-state index contributed by atoms with van der Waals surface area (Å²) in [5, 5.41) is 3.03. The number of piperazine rings is 1. The van der Waals surface area contributed by atoms with Crippen LogP contribution in [0.2, 0.25) is 0 Å². The van der Waals surface area contributed by atoms with E-state index in [1.54, 1.807) is 0 Å². The fraction of sp³-hybridized carbons (Fsp3) is 0.500. The minimum atomic E-state index is -4.47. The highest BCUT2D eigenvalue weighted by Gasteiger charge is 2.33. The normalized spacial score (nSPS) is 17.3. The molecule has 120 valence electrons. The minimum absolute atomic E-state index is 0. The maximum atomic E-state index is 12.6. The van der Waals surface area contributed by atoms with E-state index in [2.05, 4.69) is 5.32 Å². The van der Waals surface area contributed by atoms with Gasteiger partial charge in [0.05, 0.1) is 10.5 Å². The third kappa shape index (κ3) is 3.88. The van der Waals surface area contributed by atoms with Crippen LogP contribution < -0.4 is 5.32 Å². The van der Waals surface area contributed by atoms with Crippen molar-refractivity contribution in [1.82, 2.24) is 9.62 Å². The number of nitrogens with zero attached hydrogens (tertiary/aromatic N) is 1. The summed E-state index contributed by atoms with van der Waals surface area (Å²) in [6.45, 7) is 3.10. The number of rotatable bonds is 2. The monoisotopic (exact) mass is 344 g/mol. The maximum Gasteiger partial charge on any atom is 0.416 e. The maximum absolute atomic E-state index is 12.6. The number of halogens is 4. The lowest BCUT2D eigenvalue weighted by atomic mass is 10.1. The van der Waals surface area contributed by atoms with E-state index in [9.17, 15) is 21.6 Å². The van der Waals surface area contributed by atoms with Crippen LogP contribution in [0.3, 0.4) is 0 Å². The standard InChI is InChI=1S/C12H15F3N2O2S.ClH/c1-9-8-10(12(13,14)15)2-3-11(9)20(18,19)17-6-4-16-5-7-17;/h2-3,8,16H,4-7H2,1H3;1H. The van der Waals surface area contributed by atoms with Gasteiger partial charge in [0.2, 0.25) is 10.0 Å². The fourth-order valence-electron chi connectivity index (χ4n) is 2.14. The van der Waals surface area contributed by atoms with Crippen molar-refractivity contribution in [2.45, 2.75) is 18.0 Å². The Morgan fingerprint density at radius 2 is 1.76 bits per heavy atom. The molecule has 1 fully saturated rings. The number of alkyl halides is 3. The Bertz CT molecular complexity index is 599. The predicted molar refractivity (Wildman–Crippen MR) is 75.1 cm³/mol. The molecule has 0 radical (unpaired) electrons. The van der Waals surface area contributed by atoms with Gasteiger partial charge in [0.1, 0.15) is 0 Å². The molecular weight excluding hydrogens is 329 g/mol. The van der Waals surface area contributed by atoms with Gasteiger partial charge in [0.15, 0.2) is 0 Å². The van der Waals surface area contributed by atoms with Gasteiger partial charge in [-0.05, 0) is 30.7 Å². The molecule has 0 aromatic heterocycles. The van der Waals surface area contributed by atoms with Crippen molar-refractivity contribution in [2.75, 3.05) is 26.2 Å². The van der Waals surface area contributed by atoms with Crippen LogP contribution in [0.4, 0.5) is 13.2 Å². The number of aryl methyl sites for hydroxylation is 1. The Hall–Kier alpha value is -0.830. The molecule has 2 rings (SSSR count). The van der Waals surface area contributed by atoms with Crippen molar-refractivity contribution >= 4 is 22.4 Å². The van der Waals surface area contributed by atoms with E-state index in [1.165, 1.54) is 11.2 Å². The number of hydrogen-bond donors (Lipinski definition) is 1. The van der Waals surface area contributed by atoms with E-state index in [-0.39, 0.29) is 22.9 Å². The summed E-state index contributed by atoms with van der Waals surface area (Å²) in [6.07, 6.45) is -4.47. The van der Waals surface area contributed by atoms with Crippen molar-refractivity contribution in [1.29, 1.82) is 0 Å². The molecular formula is C12H16ClF3N2O2S. The fourth-order valence-corrected chi connectivity index (χ4v) is 3.79. The lowest BCUT2D eigenvalue weighted by Gasteiger charge is -2.27. The second-order valence-electron chi connectivity index (χ2n) is 4.63. The van der Waals surface area contributed by atoms with Crippen LogP contribution in [0.25, 0.3) is 0 Å². The van der Waals surface area contributed by atoms with E-state index in [0.717, 1.165) is 18.2 Å². The SMILES string of the molecule is Cc1cc(C(F)(F)F)ccc1S(=O)(=O)N1CCNCC1.Cl. The molecule has 0 amide bonds. The van der Waals surface area contributed by atoms with E-state index in [0.29, 0.717) is 26.2 Å². The number of hydrogen-bond acceptors (Lipinski definition) is 3. The first-order valence-corrected chi connectivity index (χ1v) is 7.55. The van der Waals surface area contributed by atoms with Crippen LogP contribution >= 0.6 is 12.4 Å². The van der Waals surface area contributed by atoms with Crippen LogP contribution in [-0.4, -0.2) is 38.9 Å². The molecule has 1 N–H and O–H groups in total. The molecule has 1 aromatic rings. The zero-order valence-corrected chi connectivity index (χ0v) is 12.9. The van der Waals surface area contributed by atoms with Crippen LogP contribution in [0.15, 0.2) is 23.1 Å².